The third-order valence-electron chi connectivity index (χ3n) is 5.00. The van der Waals surface area contributed by atoms with Crippen LogP contribution in [0, 0.1) is 13.8 Å². The quantitative estimate of drug-likeness (QED) is 0.484. The van der Waals surface area contributed by atoms with Crippen LogP contribution >= 0.6 is 11.8 Å². The highest BCUT2D eigenvalue weighted by atomic mass is 32.2. The van der Waals surface area contributed by atoms with Crippen LogP contribution < -0.4 is 10.5 Å². The highest BCUT2D eigenvalue weighted by molar-refractivity contribution is 8.00. The number of nitrogens with zero attached hydrogens (tertiary/aromatic N) is 1. The number of fused-ring (bicyclic) bond motifs is 2. The first-order valence-electron chi connectivity index (χ1n) is 9.15. The van der Waals surface area contributed by atoms with Gasteiger partial charge in [0.15, 0.2) is 0 Å². The number of carbonyl (C=O) groups is 2. The minimum atomic E-state index is -0.537. The van der Waals surface area contributed by atoms with Gasteiger partial charge in [0.05, 0.1) is 11.4 Å². The molecule has 7 heteroatoms. The van der Waals surface area contributed by atoms with Crippen LogP contribution in [0.4, 0.5) is 5.69 Å². The zero-order valence-corrected chi connectivity index (χ0v) is 16.9. The molecule has 2 heterocycles. The fourth-order valence-electron chi connectivity index (χ4n) is 3.30. The van der Waals surface area contributed by atoms with Gasteiger partial charge in [-0.15, -0.1) is 11.8 Å². The summed E-state index contributed by atoms with van der Waals surface area (Å²) in [6.07, 6.45) is 0. The van der Waals surface area contributed by atoms with Gasteiger partial charge in [-0.25, -0.2) is 4.79 Å². The first kappa shape index (κ1) is 19.3. The molecule has 148 valence electrons. The topological polar surface area (TPSA) is 76.8 Å². The molecule has 4 rings (SSSR count). The Balaban J connectivity index is 1.53. The average Bonchev–Trinajstić information content (AvgIpc) is 2.71. The fourth-order valence-corrected chi connectivity index (χ4v) is 4.24. The summed E-state index contributed by atoms with van der Waals surface area (Å²) in [5.74, 6) is -0.388. The van der Waals surface area contributed by atoms with E-state index in [0.29, 0.717) is 16.8 Å². The molecule has 6 nitrogen and oxygen atoms in total. The van der Waals surface area contributed by atoms with Crippen molar-refractivity contribution in [2.45, 2.75) is 25.3 Å². The second-order valence-electron chi connectivity index (χ2n) is 6.87. The molecule has 0 spiro atoms. The second-order valence-corrected chi connectivity index (χ2v) is 7.89. The molecular weight excluding hydrogens is 390 g/mol. The van der Waals surface area contributed by atoms with E-state index in [4.69, 9.17) is 9.15 Å². The van der Waals surface area contributed by atoms with Gasteiger partial charge in [-0.05, 0) is 37.1 Å². The Hall–Kier alpha value is -3.06. The van der Waals surface area contributed by atoms with Crippen molar-refractivity contribution < 1.29 is 18.7 Å². The van der Waals surface area contributed by atoms with E-state index in [-0.39, 0.29) is 24.8 Å². The Morgan fingerprint density at radius 2 is 1.97 bits per heavy atom. The van der Waals surface area contributed by atoms with Crippen LogP contribution in [-0.4, -0.2) is 24.2 Å². The van der Waals surface area contributed by atoms with Crippen molar-refractivity contribution in [1.29, 1.82) is 0 Å². The molecule has 1 aliphatic heterocycles. The van der Waals surface area contributed by atoms with E-state index in [0.717, 1.165) is 21.4 Å². The molecule has 0 saturated heterocycles. The predicted molar refractivity (Wildman–Crippen MR) is 111 cm³/mol. The molecule has 0 aliphatic carbocycles. The number of rotatable bonds is 4. The molecule has 1 amide bonds. The fraction of sp³-hybridized carbons (Fsp3) is 0.227. The smallest absolute Gasteiger partial charge is 0.336 e. The monoisotopic (exact) mass is 409 g/mol. The summed E-state index contributed by atoms with van der Waals surface area (Å²) in [6.45, 7) is 3.58. The van der Waals surface area contributed by atoms with E-state index < -0.39 is 11.6 Å². The van der Waals surface area contributed by atoms with Crippen LogP contribution in [0.15, 0.2) is 56.6 Å². The molecule has 29 heavy (non-hydrogen) atoms. The molecular formula is C22H19NO5S. The molecule has 2 aromatic carbocycles. The van der Waals surface area contributed by atoms with E-state index >= 15 is 0 Å². The maximum absolute atomic E-state index is 12.5. The summed E-state index contributed by atoms with van der Waals surface area (Å²) < 4.78 is 10.8. The summed E-state index contributed by atoms with van der Waals surface area (Å²) in [5.41, 5.74) is 3.18. The van der Waals surface area contributed by atoms with Crippen LogP contribution in [0.25, 0.3) is 11.0 Å². The summed E-state index contributed by atoms with van der Waals surface area (Å²) in [6, 6.07) is 12.6. The Kier molecular flexibility index (Phi) is 5.15. The van der Waals surface area contributed by atoms with Gasteiger partial charge in [0.1, 0.15) is 18.7 Å². The summed E-state index contributed by atoms with van der Waals surface area (Å²) >= 11 is 1.45. The maximum Gasteiger partial charge on any atom is 0.336 e. The van der Waals surface area contributed by atoms with Gasteiger partial charge >= 0.3 is 11.6 Å². The molecule has 0 fully saturated rings. The van der Waals surface area contributed by atoms with Gasteiger partial charge in [0.2, 0.25) is 5.91 Å². The van der Waals surface area contributed by atoms with Crippen molar-refractivity contribution >= 4 is 40.3 Å². The van der Waals surface area contributed by atoms with Crippen LogP contribution in [0.3, 0.4) is 0 Å². The van der Waals surface area contributed by atoms with E-state index in [1.807, 2.05) is 50.2 Å². The molecule has 3 aromatic rings. The number of hydrogen-bond acceptors (Lipinski definition) is 6. The first-order chi connectivity index (χ1) is 13.9. The lowest BCUT2D eigenvalue weighted by atomic mass is 10.0. The van der Waals surface area contributed by atoms with Crippen LogP contribution in [0.2, 0.25) is 0 Å². The van der Waals surface area contributed by atoms with E-state index in [1.54, 1.807) is 0 Å². The molecule has 0 radical (unpaired) electrons. The molecule has 1 aromatic heterocycles. The average molecular weight is 409 g/mol. The van der Waals surface area contributed by atoms with Crippen molar-refractivity contribution in [3.63, 3.8) is 0 Å². The number of para-hydroxylation sites is 1. The number of thioether (sulfide) groups is 1. The number of carbonyl (C=O) groups excluding carboxylic acids is 2. The molecule has 1 aliphatic rings. The van der Waals surface area contributed by atoms with Crippen LogP contribution in [0.1, 0.15) is 16.7 Å². The van der Waals surface area contributed by atoms with Crippen LogP contribution in [-0.2, 0) is 20.9 Å². The molecule has 0 atom stereocenters. The van der Waals surface area contributed by atoms with Gasteiger partial charge in [0, 0.05) is 21.9 Å². The SMILES string of the molecule is Cc1ccc2c(COC(=O)CN3C(=O)CSc4ccccc43)cc(=O)oc2c1C. The third kappa shape index (κ3) is 3.78. The lowest BCUT2D eigenvalue weighted by Crippen LogP contribution is -2.39. The third-order valence-corrected chi connectivity index (χ3v) is 6.05. The van der Waals surface area contributed by atoms with Crippen molar-refractivity contribution in [3.8, 4) is 0 Å². The van der Waals surface area contributed by atoms with Crippen molar-refractivity contribution in [1.82, 2.24) is 0 Å². The Bertz CT molecular complexity index is 1180. The van der Waals surface area contributed by atoms with E-state index in [2.05, 4.69) is 0 Å². The summed E-state index contributed by atoms with van der Waals surface area (Å²) in [5, 5.41) is 0.733. The minimum Gasteiger partial charge on any atom is -0.459 e. The minimum absolute atomic E-state index is 0.0676. The Morgan fingerprint density at radius 3 is 2.79 bits per heavy atom. The molecule has 0 saturated carbocycles. The number of esters is 1. The standard InChI is InChI=1S/C22H19NO5S/c1-13-7-8-16-15(9-20(25)28-22(16)14(13)2)11-27-21(26)10-23-17-5-3-4-6-18(17)29-12-19(23)24/h3-9H,10-12H2,1-2H3. The molecule has 0 N–H and O–H groups in total. The van der Waals surface area contributed by atoms with Crippen LogP contribution in [0.5, 0.6) is 0 Å². The highest BCUT2D eigenvalue weighted by Gasteiger charge is 2.26. The zero-order chi connectivity index (χ0) is 20.5. The predicted octanol–water partition coefficient (Wildman–Crippen LogP) is 3.59. The van der Waals surface area contributed by atoms with Gasteiger partial charge in [0.25, 0.3) is 0 Å². The largest absolute Gasteiger partial charge is 0.459 e. The van der Waals surface area contributed by atoms with E-state index in [9.17, 15) is 14.4 Å². The van der Waals surface area contributed by atoms with E-state index in [1.165, 1.54) is 22.7 Å². The number of anilines is 1. The van der Waals surface area contributed by atoms with Gasteiger partial charge in [-0.2, -0.15) is 0 Å². The summed E-state index contributed by atoms with van der Waals surface area (Å²) in [7, 11) is 0. The Labute approximate surface area is 171 Å². The van der Waals surface area contributed by atoms with Crippen molar-refractivity contribution in [2.75, 3.05) is 17.2 Å². The van der Waals surface area contributed by atoms with Gasteiger partial charge in [-0.1, -0.05) is 24.3 Å². The Morgan fingerprint density at radius 1 is 1.17 bits per heavy atom. The lowest BCUT2D eigenvalue weighted by molar-refractivity contribution is -0.144. The number of aryl methyl sites for hydroxylation is 2. The number of benzene rings is 2. The number of ether oxygens (including phenoxy) is 1. The zero-order valence-electron chi connectivity index (χ0n) is 16.1. The van der Waals surface area contributed by atoms with Gasteiger partial charge in [-0.3, -0.25) is 14.5 Å². The lowest BCUT2D eigenvalue weighted by Gasteiger charge is -2.27. The number of hydrogen-bond donors (Lipinski definition) is 0. The maximum atomic E-state index is 12.5. The molecule has 0 unspecified atom stereocenters. The van der Waals surface area contributed by atoms with Crippen molar-refractivity contribution in [2.24, 2.45) is 0 Å². The number of amides is 1. The normalized spacial score (nSPS) is 13.4. The molecule has 0 bridgehead atoms. The summed E-state index contributed by atoms with van der Waals surface area (Å²) in [4.78, 5) is 39.1. The first-order valence-corrected chi connectivity index (χ1v) is 10.1. The van der Waals surface area contributed by atoms with Crippen molar-refractivity contribution in [3.05, 3.63) is 69.6 Å². The highest BCUT2D eigenvalue weighted by Crippen LogP contribution is 2.34. The second kappa shape index (κ2) is 7.75. The van der Waals surface area contributed by atoms with Gasteiger partial charge < -0.3 is 9.15 Å².